The number of hydrogen-bond acceptors (Lipinski definition) is 4. The van der Waals surface area contributed by atoms with Crippen molar-refractivity contribution in [2.24, 2.45) is 0 Å². The quantitative estimate of drug-likeness (QED) is 0.681. The number of para-hydroxylation sites is 1. The van der Waals surface area contributed by atoms with Gasteiger partial charge in [-0.05, 0) is 19.1 Å². The van der Waals surface area contributed by atoms with Crippen LogP contribution in [0.25, 0.3) is 17.2 Å². The smallest absolute Gasteiger partial charge is 0.184 e. The van der Waals surface area contributed by atoms with E-state index in [2.05, 4.69) is 20.2 Å². The molecule has 1 aromatic carbocycles. The minimum Gasteiger partial charge on any atom is -0.214 e. The summed E-state index contributed by atoms with van der Waals surface area (Å²) >= 11 is 12.0. The van der Waals surface area contributed by atoms with Crippen molar-refractivity contribution in [2.75, 3.05) is 0 Å². The molecule has 2 aromatic heterocycles. The lowest BCUT2D eigenvalue weighted by Crippen LogP contribution is -1.99. The van der Waals surface area contributed by atoms with Crippen LogP contribution in [0.4, 0.5) is 0 Å². The van der Waals surface area contributed by atoms with Crippen molar-refractivity contribution in [1.29, 1.82) is 0 Å². The van der Waals surface area contributed by atoms with Gasteiger partial charge in [0.15, 0.2) is 11.5 Å². The van der Waals surface area contributed by atoms with Gasteiger partial charge in [0.2, 0.25) is 0 Å². The molecule has 0 atom stereocenters. The third-order valence-electron chi connectivity index (χ3n) is 2.74. The van der Waals surface area contributed by atoms with Crippen LogP contribution in [-0.4, -0.2) is 25.0 Å². The van der Waals surface area contributed by atoms with Gasteiger partial charge >= 0.3 is 0 Å². The van der Waals surface area contributed by atoms with Crippen molar-refractivity contribution in [1.82, 2.24) is 25.0 Å². The summed E-state index contributed by atoms with van der Waals surface area (Å²) in [7, 11) is 0. The van der Waals surface area contributed by atoms with Gasteiger partial charge in [0, 0.05) is 5.56 Å². The molecule has 7 heteroatoms. The summed E-state index contributed by atoms with van der Waals surface area (Å²) in [5, 5.41) is 9.14. The molecule has 100 valence electrons. The average molecular weight is 306 g/mol. The largest absolute Gasteiger partial charge is 0.214 e. The maximum absolute atomic E-state index is 6.00. The monoisotopic (exact) mass is 305 g/mol. The summed E-state index contributed by atoms with van der Waals surface area (Å²) in [4.78, 5) is 9.83. The van der Waals surface area contributed by atoms with Gasteiger partial charge in [0.1, 0.15) is 10.3 Å². The summed E-state index contributed by atoms with van der Waals surface area (Å²) in [6.45, 7) is 1.76. The molecule has 0 aliphatic heterocycles. The van der Waals surface area contributed by atoms with E-state index in [9.17, 15) is 0 Å². The fourth-order valence-electron chi connectivity index (χ4n) is 1.63. The number of hydrogen-bond donors (Lipinski definition) is 0. The molecule has 0 bridgehead atoms. The van der Waals surface area contributed by atoms with E-state index in [1.54, 1.807) is 13.1 Å². The second-order valence-corrected chi connectivity index (χ2v) is 4.82. The predicted molar refractivity (Wildman–Crippen MR) is 77.1 cm³/mol. The molecule has 2 heterocycles. The Hall–Kier alpha value is -1.98. The number of nitrogens with zero attached hydrogens (tertiary/aromatic N) is 5. The first-order chi connectivity index (χ1) is 9.65. The predicted octanol–water partition coefficient (Wildman–Crippen LogP) is 3.34. The lowest BCUT2D eigenvalue weighted by molar-refractivity contribution is 0.752. The summed E-state index contributed by atoms with van der Waals surface area (Å²) in [6, 6.07) is 9.55. The molecule has 0 spiro atoms. The Bertz CT molecular complexity index is 731. The molecule has 3 aromatic rings. The van der Waals surface area contributed by atoms with Crippen LogP contribution in [0.15, 0.2) is 36.5 Å². The molecule has 0 fully saturated rings. The van der Waals surface area contributed by atoms with Crippen molar-refractivity contribution in [2.45, 2.75) is 6.92 Å². The third kappa shape index (κ3) is 2.37. The highest BCUT2D eigenvalue weighted by Crippen LogP contribution is 2.23. The van der Waals surface area contributed by atoms with Crippen LogP contribution >= 0.6 is 23.2 Å². The van der Waals surface area contributed by atoms with E-state index in [0.717, 1.165) is 5.69 Å². The number of rotatable bonds is 2. The summed E-state index contributed by atoms with van der Waals surface area (Å²) in [5.74, 6) is 0.354. The van der Waals surface area contributed by atoms with E-state index in [0.29, 0.717) is 27.4 Å². The normalized spacial score (nSPS) is 10.8. The summed E-state index contributed by atoms with van der Waals surface area (Å²) in [6.07, 6.45) is 1.57. The van der Waals surface area contributed by atoms with Crippen LogP contribution < -0.4 is 0 Å². The zero-order valence-electron chi connectivity index (χ0n) is 10.5. The molecule has 0 N–H and O–H groups in total. The number of aromatic nitrogens is 5. The van der Waals surface area contributed by atoms with Crippen LogP contribution in [0, 0.1) is 6.92 Å². The molecule has 0 saturated carbocycles. The highest BCUT2D eigenvalue weighted by Gasteiger charge is 2.12. The molecule has 0 aliphatic carbocycles. The first-order valence-electron chi connectivity index (χ1n) is 5.83. The molecule has 0 radical (unpaired) electrons. The van der Waals surface area contributed by atoms with Gasteiger partial charge in [-0.2, -0.15) is 9.90 Å². The van der Waals surface area contributed by atoms with E-state index in [-0.39, 0.29) is 0 Å². The number of benzene rings is 1. The minimum absolute atomic E-state index is 0.314. The summed E-state index contributed by atoms with van der Waals surface area (Å²) in [5.41, 5.74) is 2.01. The Morgan fingerprint density at radius 1 is 1.00 bits per heavy atom. The maximum atomic E-state index is 6.00. The molecule has 0 amide bonds. The molecule has 0 aliphatic rings. The molecule has 3 rings (SSSR count). The van der Waals surface area contributed by atoms with Crippen LogP contribution in [0.1, 0.15) is 5.56 Å². The van der Waals surface area contributed by atoms with Gasteiger partial charge < -0.3 is 0 Å². The SMILES string of the molecule is Cc1c(Cl)nc(-c2cnn(-c3ccccc3)n2)nc1Cl. The van der Waals surface area contributed by atoms with E-state index in [1.807, 2.05) is 30.3 Å². The van der Waals surface area contributed by atoms with Gasteiger partial charge in [-0.1, -0.05) is 41.4 Å². The van der Waals surface area contributed by atoms with Crippen LogP contribution in [0.3, 0.4) is 0 Å². The van der Waals surface area contributed by atoms with Gasteiger partial charge in [-0.15, -0.1) is 5.10 Å². The first kappa shape index (κ1) is 13.0. The van der Waals surface area contributed by atoms with Crippen molar-refractivity contribution in [3.63, 3.8) is 0 Å². The Morgan fingerprint density at radius 2 is 1.65 bits per heavy atom. The highest BCUT2D eigenvalue weighted by molar-refractivity contribution is 6.34. The van der Waals surface area contributed by atoms with Gasteiger partial charge in [0.25, 0.3) is 0 Å². The number of halogens is 2. The van der Waals surface area contributed by atoms with Crippen LogP contribution in [0.2, 0.25) is 10.3 Å². The zero-order valence-corrected chi connectivity index (χ0v) is 12.0. The third-order valence-corrected chi connectivity index (χ3v) is 3.47. The van der Waals surface area contributed by atoms with E-state index in [4.69, 9.17) is 23.2 Å². The standard InChI is InChI=1S/C13H9Cl2N5/c1-8-11(14)17-13(18-12(8)15)10-7-16-20(19-10)9-5-3-2-4-6-9/h2-7H,1H3. The Morgan fingerprint density at radius 3 is 2.30 bits per heavy atom. The molecule has 20 heavy (non-hydrogen) atoms. The average Bonchev–Trinajstić information content (AvgIpc) is 2.95. The van der Waals surface area contributed by atoms with E-state index in [1.165, 1.54) is 4.80 Å². The topological polar surface area (TPSA) is 56.5 Å². The second-order valence-electron chi connectivity index (χ2n) is 4.11. The van der Waals surface area contributed by atoms with Crippen LogP contribution in [-0.2, 0) is 0 Å². The molecule has 0 unspecified atom stereocenters. The fraction of sp³-hybridized carbons (Fsp3) is 0.0769. The van der Waals surface area contributed by atoms with E-state index >= 15 is 0 Å². The fourth-order valence-corrected chi connectivity index (χ4v) is 2.02. The zero-order chi connectivity index (χ0) is 14.1. The Labute approximate surface area is 125 Å². The van der Waals surface area contributed by atoms with E-state index < -0.39 is 0 Å². The minimum atomic E-state index is 0.314. The molecule has 0 saturated heterocycles. The lowest BCUT2D eigenvalue weighted by atomic mass is 10.3. The highest BCUT2D eigenvalue weighted by atomic mass is 35.5. The van der Waals surface area contributed by atoms with Gasteiger partial charge in [-0.3, -0.25) is 0 Å². The molecule has 5 nitrogen and oxygen atoms in total. The second kappa shape index (κ2) is 5.19. The summed E-state index contributed by atoms with van der Waals surface area (Å²) < 4.78 is 0. The van der Waals surface area contributed by atoms with Crippen molar-refractivity contribution < 1.29 is 0 Å². The van der Waals surface area contributed by atoms with Crippen LogP contribution in [0.5, 0.6) is 0 Å². The lowest BCUT2D eigenvalue weighted by Gasteiger charge is -2.02. The van der Waals surface area contributed by atoms with Crippen molar-refractivity contribution >= 4 is 23.2 Å². The first-order valence-corrected chi connectivity index (χ1v) is 6.58. The molecular formula is C13H9Cl2N5. The maximum Gasteiger partial charge on any atom is 0.184 e. The van der Waals surface area contributed by atoms with Gasteiger partial charge in [0.05, 0.1) is 11.9 Å². The van der Waals surface area contributed by atoms with Gasteiger partial charge in [-0.25, -0.2) is 9.97 Å². The Kier molecular flexibility index (Phi) is 3.38. The molecular weight excluding hydrogens is 297 g/mol. The Balaban J connectivity index is 2.03. The van der Waals surface area contributed by atoms with Crippen molar-refractivity contribution in [3.05, 3.63) is 52.4 Å². The van der Waals surface area contributed by atoms with Crippen molar-refractivity contribution in [3.8, 4) is 17.2 Å².